The van der Waals surface area contributed by atoms with Crippen LogP contribution in [0.1, 0.15) is 27.2 Å². The van der Waals surface area contributed by atoms with Crippen LogP contribution in [-0.2, 0) is 10.0 Å². The van der Waals surface area contributed by atoms with Crippen LogP contribution < -0.4 is 5.32 Å². The van der Waals surface area contributed by atoms with E-state index in [2.05, 4.69) is 12.2 Å². The Morgan fingerprint density at radius 2 is 2.00 bits per heavy atom. The van der Waals surface area contributed by atoms with Crippen molar-refractivity contribution < 1.29 is 8.42 Å². The van der Waals surface area contributed by atoms with Gasteiger partial charge in [0.05, 0.1) is 5.25 Å². The van der Waals surface area contributed by atoms with Crippen molar-refractivity contribution in [3.05, 3.63) is 0 Å². The maximum atomic E-state index is 11.8. The molecule has 0 aromatic heterocycles. The number of hydrogen-bond donors (Lipinski definition) is 1. The zero-order valence-electron chi connectivity index (χ0n) is 9.16. The van der Waals surface area contributed by atoms with Gasteiger partial charge in [0, 0.05) is 25.7 Å². The van der Waals surface area contributed by atoms with Crippen molar-refractivity contribution in [3.63, 3.8) is 0 Å². The predicted molar refractivity (Wildman–Crippen MR) is 57.7 cm³/mol. The van der Waals surface area contributed by atoms with Crippen LogP contribution in [0.25, 0.3) is 0 Å². The van der Waals surface area contributed by atoms with Crippen LogP contribution in [0.4, 0.5) is 0 Å². The molecule has 5 heteroatoms. The zero-order chi connectivity index (χ0) is 10.8. The Morgan fingerprint density at radius 3 is 2.57 bits per heavy atom. The van der Waals surface area contributed by atoms with Gasteiger partial charge in [0.25, 0.3) is 0 Å². The molecule has 0 aromatic carbocycles. The van der Waals surface area contributed by atoms with Gasteiger partial charge in [-0.05, 0) is 27.2 Å². The molecule has 14 heavy (non-hydrogen) atoms. The summed E-state index contributed by atoms with van der Waals surface area (Å²) in [6, 6.07) is 0.419. The lowest BCUT2D eigenvalue weighted by Gasteiger charge is -2.21. The SMILES string of the molecule is CC1CCN(S(=O)(=O)C(C)C)CCN1. The van der Waals surface area contributed by atoms with Gasteiger partial charge < -0.3 is 5.32 Å². The number of sulfonamides is 1. The molecule has 4 nitrogen and oxygen atoms in total. The predicted octanol–water partition coefficient (Wildman–Crippen LogP) is 0.408. The van der Waals surface area contributed by atoms with E-state index in [0.29, 0.717) is 19.1 Å². The van der Waals surface area contributed by atoms with Crippen molar-refractivity contribution in [2.45, 2.75) is 38.5 Å². The topological polar surface area (TPSA) is 49.4 Å². The van der Waals surface area contributed by atoms with E-state index < -0.39 is 10.0 Å². The second-order valence-electron chi connectivity index (χ2n) is 4.14. The van der Waals surface area contributed by atoms with Crippen LogP contribution >= 0.6 is 0 Å². The summed E-state index contributed by atoms with van der Waals surface area (Å²) in [7, 11) is -3.05. The molecule has 1 aliphatic heterocycles. The lowest BCUT2D eigenvalue weighted by atomic mass is 10.2. The summed E-state index contributed by atoms with van der Waals surface area (Å²) < 4.78 is 25.3. The number of nitrogens with zero attached hydrogens (tertiary/aromatic N) is 1. The molecule has 1 fully saturated rings. The van der Waals surface area contributed by atoms with E-state index in [1.54, 1.807) is 18.2 Å². The first-order valence-electron chi connectivity index (χ1n) is 5.17. The van der Waals surface area contributed by atoms with Crippen LogP contribution in [-0.4, -0.2) is 43.6 Å². The minimum atomic E-state index is -3.05. The molecule has 1 N–H and O–H groups in total. The number of hydrogen-bond acceptors (Lipinski definition) is 3. The van der Waals surface area contributed by atoms with E-state index in [9.17, 15) is 8.42 Å². The molecule has 0 aromatic rings. The molecule has 0 spiro atoms. The monoisotopic (exact) mass is 220 g/mol. The van der Waals surface area contributed by atoms with Gasteiger partial charge in [0.1, 0.15) is 0 Å². The molecule has 0 amide bonds. The van der Waals surface area contributed by atoms with Crippen molar-refractivity contribution in [2.75, 3.05) is 19.6 Å². The highest BCUT2D eigenvalue weighted by atomic mass is 32.2. The van der Waals surface area contributed by atoms with Gasteiger partial charge in [-0.3, -0.25) is 0 Å². The molecule has 1 rings (SSSR count). The Labute approximate surface area is 86.7 Å². The summed E-state index contributed by atoms with van der Waals surface area (Å²) in [5, 5.41) is 2.97. The molecule has 0 radical (unpaired) electrons. The first kappa shape index (κ1) is 11.9. The van der Waals surface area contributed by atoms with Gasteiger partial charge in [-0.25, -0.2) is 12.7 Å². The molecular weight excluding hydrogens is 200 g/mol. The zero-order valence-corrected chi connectivity index (χ0v) is 9.97. The normalized spacial score (nSPS) is 26.4. The Hall–Kier alpha value is -0.130. The maximum Gasteiger partial charge on any atom is 0.216 e. The second kappa shape index (κ2) is 4.59. The molecule has 1 heterocycles. The highest BCUT2D eigenvalue weighted by molar-refractivity contribution is 7.89. The standard InChI is InChI=1S/C9H20N2O2S/c1-8(2)14(12,13)11-6-4-9(3)10-5-7-11/h8-10H,4-7H2,1-3H3. The third-order valence-electron chi connectivity index (χ3n) is 2.62. The summed E-state index contributed by atoms with van der Waals surface area (Å²) in [6.07, 6.45) is 0.895. The van der Waals surface area contributed by atoms with Gasteiger partial charge in [-0.2, -0.15) is 0 Å². The van der Waals surface area contributed by atoms with E-state index in [0.717, 1.165) is 13.0 Å². The summed E-state index contributed by atoms with van der Waals surface area (Å²) in [5.41, 5.74) is 0. The molecule has 1 atom stereocenters. The Bertz CT molecular complexity index is 275. The van der Waals surface area contributed by atoms with E-state index in [-0.39, 0.29) is 5.25 Å². The molecule has 0 saturated carbocycles. The lowest BCUT2D eigenvalue weighted by Crippen LogP contribution is -2.38. The van der Waals surface area contributed by atoms with Crippen molar-refractivity contribution in [3.8, 4) is 0 Å². The van der Waals surface area contributed by atoms with E-state index in [1.165, 1.54) is 0 Å². The van der Waals surface area contributed by atoms with Crippen molar-refractivity contribution >= 4 is 10.0 Å². The highest BCUT2D eigenvalue weighted by Gasteiger charge is 2.27. The third-order valence-corrected chi connectivity index (χ3v) is 4.90. The molecule has 1 unspecified atom stereocenters. The first-order chi connectivity index (χ1) is 6.44. The fourth-order valence-electron chi connectivity index (χ4n) is 1.54. The number of rotatable bonds is 2. The minimum absolute atomic E-state index is 0.309. The Morgan fingerprint density at radius 1 is 1.36 bits per heavy atom. The smallest absolute Gasteiger partial charge is 0.216 e. The van der Waals surface area contributed by atoms with Crippen LogP contribution in [0.2, 0.25) is 0 Å². The summed E-state index contributed by atoms with van der Waals surface area (Å²) in [4.78, 5) is 0. The first-order valence-corrected chi connectivity index (χ1v) is 6.67. The van der Waals surface area contributed by atoms with Gasteiger partial charge >= 0.3 is 0 Å². The Kier molecular flexibility index (Phi) is 3.92. The van der Waals surface area contributed by atoms with Crippen molar-refractivity contribution in [2.24, 2.45) is 0 Å². The minimum Gasteiger partial charge on any atom is -0.313 e. The molecule has 0 bridgehead atoms. The summed E-state index contributed by atoms with van der Waals surface area (Å²) in [6.45, 7) is 7.56. The molecule has 1 saturated heterocycles. The highest BCUT2D eigenvalue weighted by Crippen LogP contribution is 2.11. The maximum absolute atomic E-state index is 11.8. The fraction of sp³-hybridized carbons (Fsp3) is 1.00. The summed E-state index contributed by atoms with van der Waals surface area (Å²) >= 11 is 0. The number of nitrogens with one attached hydrogen (secondary N) is 1. The van der Waals surface area contributed by atoms with Crippen molar-refractivity contribution in [1.82, 2.24) is 9.62 Å². The lowest BCUT2D eigenvalue weighted by molar-refractivity contribution is 0.423. The van der Waals surface area contributed by atoms with Crippen LogP contribution in [0.3, 0.4) is 0 Å². The van der Waals surface area contributed by atoms with Crippen LogP contribution in [0, 0.1) is 0 Å². The quantitative estimate of drug-likeness (QED) is 0.733. The van der Waals surface area contributed by atoms with E-state index in [1.807, 2.05) is 0 Å². The average molecular weight is 220 g/mol. The molecule has 0 aliphatic carbocycles. The third kappa shape index (κ3) is 2.68. The molecule has 84 valence electrons. The molecule has 1 aliphatic rings. The summed E-state index contributed by atoms with van der Waals surface area (Å²) in [5.74, 6) is 0. The van der Waals surface area contributed by atoms with Gasteiger partial charge in [0.2, 0.25) is 10.0 Å². The average Bonchev–Trinajstić information content (AvgIpc) is 2.29. The van der Waals surface area contributed by atoms with Gasteiger partial charge in [-0.15, -0.1) is 0 Å². The fourth-order valence-corrected chi connectivity index (χ4v) is 2.84. The Balaban J connectivity index is 2.69. The van der Waals surface area contributed by atoms with Crippen molar-refractivity contribution in [1.29, 1.82) is 0 Å². The van der Waals surface area contributed by atoms with E-state index >= 15 is 0 Å². The van der Waals surface area contributed by atoms with E-state index in [4.69, 9.17) is 0 Å². The second-order valence-corrected chi connectivity index (χ2v) is 6.63. The van der Waals surface area contributed by atoms with Gasteiger partial charge in [-0.1, -0.05) is 0 Å². The van der Waals surface area contributed by atoms with Crippen LogP contribution in [0.15, 0.2) is 0 Å². The van der Waals surface area contributed by atoms with Crippen LogP contribution in [0.5, 0.6) is 0 Å². The van der Waals surface area contributed by atoms with Gasteiger partial charge in [0.15, 0.2) is 0 Å². The molecular formula is C9H20N2O2S. The largest absolute Gasteiger partial charge is 0.313 e.